The van der Waals surface area contributed by atoms with Crippen molar-refractivity contribution < 1.29 is 0 Å². The van der Waals surface area contributed by atoms with Gasteiger partial charge in [-0.25, -0.2) is 0 Å². The van der Waals surface area contributed by atoms with Crippen molar-refractivity contribution in [3.05, 3.63) is 18.1 Å². The monoisotopic (exact) mass is 236 g/mol. The van der Waals surface area contributed by atoms with Gasteiger partial charge >= 0.3 is 0 Å². The van der Waals surface area contributed by atoms with E-state index in [1.807, 2.05) is 0 Å². The third-order valence-electron chi connectivity index (χ3n) is 3.12. The molecule has 0 saturated carbocycles. The summed E-state index contributed by atoms with van der Waals surface area (Å²) in [6.07, 6.45) is 0. The summed E-state index contributed by atoms with van der Waals surface area (Å²) >= 11 is 0. The van der Waals surface area contributed by atoms with Crippen molar-refractivity contribution in [3.8, 4) is 0 Å². The normalized spacial score (nSPS) is 17.6. The fourth-order valence-corrected chi connectivity index (χ4v) is 2.41. The van der Waals surface area contributed by atoms with E-state index in [0.717, 1.165) is 0 Å². The maximum absolute atomic E-state index is 3.55. The molecular weight excluding hydrogens is 208 g/mol. The molecule has 2 nitrogen and oxygen atoms in total. The van der Waals surface area contributed by atoms with Crippen LogP contribution in [0.3, 0.4) is 0 Å². The predicted octanol–water partition coefficient (Wildman–Crippen LogP) is 3.94. The lowest BCUT2D eigenvalue weighted by Gasteiger charge is -2.28. The number of rotatable bonds is 4. The van der Waals surface area contributed by atoms with Crippen molar-refractivity contribution in [1.82, 2.24) is 9.80 Å². The van der Waals surface area contributed by atoms with Gasteiger partial charge in [0.1, 0.15) is 0 Å². The summed E-state index contributed by atoms with van der Waals surface area (Å²) in [5.74, 6) is 1.09. The van der Waals surface area contributed by atoms with Crippen molar-refractivity contribution >= 4 is 0 Å². The molecule has 0 amide bonds. The molecule has 0 N–H and O–H groups in total. The van der Waals surface area contributed by atoms with Gasteiger partial charge in [-0.2, -0.15) is 0 Å². The van der Waals surface area contributed by atoms with Crippen LogP contribution >= 0.6 is 0 Å². The zero-order valence-corrected chi connectivity index (χ0v) is 12.7. The molecule has 2 radical (unpaired) electrons. The van der Waals surface area contributed by atoms with Gasteiger partial charge < -0.3 is 9.80 Å². The first kappa shape index (κ1) is 14.4. The lowest BCUT2D eigenvalue weighted by molar-refractivity contribution is 0.241. The van der Waals surface area contributed by atoms with E-state index >= 15 is 0 Å². The molecule has 0 bridgehead atoms. The Bertz CT molecular complexity index is 259. The van der Waals surface area contributed by atoms with Crippen LogP contribution in [0, 0.1) is 18.5 Å². The second kappa shape index (κ2) is 5.32. The van der Waals surface area contributed by atoms with E-state index in [-0.39, 0.29) is 0 Å². The van der Waals surface area contributed by atoms with Gasteiger partial charge in [0.25, 0.3) is 0 Å². The summed E-state index contributed by atoms with van der Waals surface area (Å²) in [6.45, 7) is 21.6. The number of hydrogen-bond acceptors (Lipinski definition) is 2. The summed E-state index contributed by atoms with van der Waals surface area (Å²) in [6, 6.07) is 0.954. The van der Waals surface area contributed by atoms with E-state index in [2.05, 4.69) is 71.9 Å². The molecule has 1 heterocycles. The Morgan fingerprint density at radius 1 is 0.647 bits per heavy atom. The van der Waals surface area contributed by atoms with Gasteiger partial charge in [-0.15, -0.1) is 0 Å². The van der Waals surface area contributed by atoms with Gasteiger partial charge in [0, 0.05) is 23.5 Å². The van der Waals surface area contributed by atoms with Crippen LogP contribution in [-0.4, -0.2) is 21.9 Å². The third kappa shape index (κ3) is 2.78. The number of allylic oxidation sites excluding steroid dienone is 2. The fourth-order valence-electron chi connectivity index (χ4n) is 2.41. The van der Waals surface area contributed by atoms with Gasteiger partial charge in [-0.05, 0) is 39.5 Å². The minimum absolute atomic E-state index is 0.477. The first-order valence-corrected chi connectivity index (χ1v) is 6.86. The minimum Gasteiger partial charge on any atom is -0.340 e. The molecule has 0 spiro atoms. The van der Waals surface area contributed by atoms with Gasteiger partial charge in [-0.1, -0.05) is 27.7 Å². The van der Waals surface area contributed by atoms with Crippen LogP contribution in [0.1, 0.15) is 55.4 Å². The Morgan fingerprint density at radius 2 is 0.941 bits per heavy atom. The average molecular weight is 236 g/mol. The van der Waals surface area contributed by atoms with Crippen LogP contribution in [0.5, 0.6) is 0 Å². The highest BCUT2D eigenvalue weighted by Gasteiger charge is 2.35. The number of hydrogen-bond donors (Lipinski definition) is 0. The van der Waals surface area contributed by atoms with Crippen molar-refractivity contribution in [1.29, 1.82) is 0 Å². The van der Waals surface area contributed by atoms with E-state index < -0.39 is 0 Å². The summed E-state index contributed by atoms with van der Waals surface area (Å²) in [4.78, 5) is 4.64. The molecule has 0 aliphatic carbocycles. The molecule has 0 aromatic heterocycles. The van der Waals surface area contributed by atoms with Crippen molar-refractivity contribution in [2.75, 3.05) is 0 Å². The standard InChI is InChI=1S/C15H28N2/c1-10(2)14-15(11(3)4)17(13(7)8)9-16(14)12(5)6/h10-13H,1-8H3. The Kier molecular flexibility index (Phi) is 4.51. The lowest BCUT2D eigenvalue weighted by Crippen LogP contribution is -2.32. The summed E-state index contributed by atoms with van der Waals surface area (Å²) in [5.41, 5.74) is 2.90. The van der Waals surface area contributed by atoms with E-state index in [0.29, 0.717) is 23.9 Å². The molecule has 98 valence electrons. The van der Waals surface area contributed by atoms with E-state index in [1.54, 1.807) is 0 Å². The Hall–Kier alpha value is -0.660. The first-order valence-electron chi connectivity index (χ1n) is 6.86. The van der Waals surface area contributed by atoms with Crippen molar-refractivity contribution in [2.45, 2.75) is 67.5 Å². The quantitative estimate of drug-likeness (QED) is 0.729. The van der Waals surface area contributed by atoms with Crippen molar-refractivity contribution in [3.63, 3.8) is 0 Å². The zero-order valence-electron chi connectivity index (χ0n) is 12.7. The molecule has 2 heteroatoms. The average Bonchev–Trinajstić information content (AvgIpc) is 2.56. The van der Waals surface area contributed by atoms with Crippen LogP contribution in [0.25, 0.3) is 0 Å². The molecule has 0 aromatic rings. The molecule has 1 rings (SSSR count). The summed E-state index contributed by atoms with van der Waals surface area (Å²) in [5, 5.41) is 0. The van der Waals surface area contributed by atoms with E-state index in [4.69, 9.17) is 0 Å². The molecule has 0 saturated heterocycles. The topological polar surface area (TPSA) is 6.48 Å². The second-order valence-corrected chi connectivity index (χ2v) is 6.11. The minimum atomic E-state index is 0.477. The predicted molar refractivity (Wildman–Crippen MR) is 73.9 cm³/mol. The molecule has 0 fully saturated rings. The van der Waals surface area contributed by atoms with Gasteiger partial charge in [-0.3, -0.25) is 0 Å². The van der Waals surface area contributed by atoms with E-state index in [1.165, 1.54) is 11.4 Å². The lowest BCUT2D eigenvalue weighted by atomic mass is 10.00. The number of nitrogens with zero attached hydrogens (tertiary/aromatic N) is 2. The first-order chi connectivity index (χ1) is 7.77. The van der Waals surface area contributed by atoms with Gasteiger partial charge in [0.05, 0.1) is 0 Å². The van der Waals surface area contributed by atoms with Crippen molar-refractivity contribution in [2.24, 2.45) is 11.8 Å². The van der Waals surface area contributed by atoms with Crippen LogP contribution in [0.2, 0.25) is 0 Å². The van der Waals surface area contributed by atoms with Gasteiger partial charge in [0.15, 0.2) is 0 Å². The molecule has 1 aliphatic heterocycles. The van der Waals surface area contributed by atoms with Crippen LogP contribution in [0.15, 0.2) is 11.4 Å². The maximum Gasteiger partial charge on any atom is 0.208 e. The third-order valence-corrected chi connectivity index (χ3v) is 3.12. The van der Waals surface area contributed by atoms with Crippen LogP contribution in [0.4, 0.5) is 0 Å². The highest BCUT2D eigenvalue weighted by atomic mass is 15.4. The maximum atomic E-state index is 3.55. The highest BCUT2D eigenvalue weighted by molar-refractivity contribution is 5.25. The van der Waals surface area contributed by atoms with Gasteiger partial charge in [0.2, 0.25) is 6.67 Å². The SMILES string of the molecule is CC(C)C1=C(C(C)C)N(C(C)C)[C]N1C(C)C. The Balaban J connectivity index is 3.20. The molecule has 1 aliphatic rings. The fraction of sp³-hybridized carbons (Fsp3) is 0.800. The smallest absolute Gasteiger partial charge is 0.208 e. The molecule has 0 unspecified atom stereocenters. The molecule has 17 heavy (non-hydrogen) atoms. The van der Waals surface area contributed by atoms with E-state index in [9.17, 15) is 0 Å². The zero-order chi connectivity index (χ0) is 13.3. The second-order valence-electron chi connectivity index (χ2n) is 6.11. The Morgan fingerprint density at radius 3 is 1.12 bits per heavy atom. The summed E-state index contributed by atoms with van der Waals surface area (Å²) in [7, 11) is 0. The summed E-state index contributed by atoms with van der Waals surface area (Å²) < 4.78 is 0. The Labute approximate surface area is 108 Å². The molecule has 0 atom stereocenters. The van der Waals surface area contributed by atoms with Crippen LogP contribution < -0.4 is 0 Å². The largest absolute Gasteiger partial charge is 0.340 e. The molecule has 0 aromatic carbocycles. The van der Waals surface area contributed by atoms with Crippen LogP contribution in [-0.2, 0) is 0 Å². The highest BCUT2D eigenvalue weighted by Crippen LogP contribution is 2.38. The molecular formula is C15H28N2.